The van der Waals surface area contributed by atoms with Crippen LogP contribution in [-0.2, 0) is 10.8 Å². The standard InChI is InChI=1S/C64H48N2/c1-63(2)55-23-11-6-18-47(55)51-35-33-45(39-60(51)63)65(46-34-36-53-52-22-10-15-27-61(52)66(62(53)40-46)43-16-4-3-5-17-43)44-31-28-41(29-32-44)42-30-37-59-54(38-42)50-21-9-14-26-58(50)64(59)56-24-12-7-19-48(56)49-20-8-13-25-57(49)64/h3-7,9-19,21-40,49,57H,8,20H2,1-2H3. The van der Waals surface area contributed by atoms with Gasteiger partial charge in [0.15, 0.2) is 0 Å². The van der Waals surface area contributed by atoms with Gasteiger partial charge in [-0.05, 0) is 146 Å². The molecule has 0 fully saturated rings. The molecule has 0 saturated heterocycles. The average molecular weight is 845 g/mol. The third-order valence-corrected chi connectivity index (χ3v) is 16.0. The highest BCUT2D eigenvalue weighted by Crippen LogP contribution is 2.66. The lowest BCUT2D eigenvalue weighted by Crippen LogP contribution is -2.33. The summed E-state index contributed by atoms with van der Waals surface area (Å²) in [6, 6.07) is 77.9. The van der Waals surface area contributed by atoms with Crippen LogP contribution in [0.2, 0.25) is 0 Å². The Morgan fingerprint density at radius 3 is 1.92 bits per heavy atom. The fraction of sp³-hybridized carbons (Fsp3) is 0.125. The van der Waals surface area contributed by atoms with E-state index in [1.165, 1.54) is 95.0 Å². The van der Waals surface area contributed by atoms with E-state index in [4.69, 9.17) is 0 Å². The summed E-state index contributed by atoms with van der Waals surface area (Å²) in [5, 5.41) is 2.50. The third-order valence-electron chi connectivity index (χ3n) is 16.0. The van der Waals surface area contributed by atoms with E-state index in [1.54, 1.807) is 0 Å². The predicted molar refractivity (Wildman–Crippen MR) is 275 cm³/mol. The van der Waals surface area contributed by atoms with E-state index >= 15 is 0 Å². The molecule has 0 amide bonds. The Morgan fingerprint density at radius 2 is 1.08 bits per heavy atom. The highest BCUT2D eigenvalue weighted by molar-refractivity contribution is 6.10. The van der Waals surface area contributed by atoms with Crippen molar-refractivity contribution in [3.05, 3.63) is 252 Å². The third kappa shape index (κ3) is 5.07. The molecule has 14 rings (SSSR count). The Hall–Kier alpha value is -7.68. The first-order valence-corrected chi connectivity index (χ1v) is 23.7. The van der Waals surface area contributed by atoms with Gasteiger partial charge in [-0.2, -0.15) is 0 Å². The van der Waals surface area contributed by atoms with Gasteiger partial charge in [0.05, 0.1) is 16.4 Å². The summed E-state index contributed by atoms with van der Waals surface area (Å²) in [5.74, 6) is 0.948. The van der Waals surface area contributed by atoms with Crippen LogP contribution in [-0.4, -0.2) is 4.57 Å². The lowest BCUT2D eigenvalue weighted by molar-refractivity contribution is 0.399. The topological polar surface area (TPSA) is 8.17 Å². The minimum absolute atomic E-state index is 0.124. The molecule has 2 nitrogen and oxygen atoms in total. The number of hydrogen-bond acceptors (Lipinski definition) is 1. The van der Waals surface area contributed by atoms with Crippen molar-refractivity contribution in [2.45, 2.75) is 43.4 Å². The number of anilines is 3. The van der Waals surface area contributed by atoms with Gasteiger partial charge in [-0.15, -0.1) is 0 Å². The smallest absolute Gasteiger partial charge is 0.0561 e. The second-order valence-electron chi connectivity index (χ2n) is 19.5. The second-order valence-corrected chi connectivity index (χ2v) is 19.5. The van der Waals surface area contributed by atoms with E-state index < -0.39 is 0 Å². The fourth-order valence-electron chi connectivity index (χ4n) is 13.2. The minimum atomic E-state index is -0.174. The number of nitrogens with zero attached hydrogens (tertiary/aromatic N) is 2. The van der Waals surface area contributed by atoms with Crippen LogP contribution in [0.15, 0.2) is 218 Å². The number of allylic oxidation sites excluding steroid dienone is 2. The van der Waals surface area contributed by atoms with Crippen LogP contribution in [0.4, 0.5) is 17.1 Å². The number of fused-ring (bicyclic) bond motifs is 16. The Bertz CT molecular complexity index is 3640. The molecule has 0 aliphatic heterocycles. The Morgan fingerprint density at radius 1 is 0.455 bits per heavy atom. The molecule has 66 heavy (non-hydrogen) atoms. The SMILES string of the molecule is CC1(C)c2ccccc2-c2ccc(N(c3ccc(-c4ccc5c(c4)-c4ccccc4C54c5ccccc5C5CCC=CC54)cc3)c3ccc4c5ccccc5n(-c5ccccc5)c4c3)cc21. The number of rotatable bonds is 5. The maximum absolute atomic E-state index is 2.55. The van der Waals surface area contributed by atoms with Crippen molar-refractivity contribution in [2.24, 2.45) is 5.92 Å². The molecule has 4 aliphatic rings. The van der Waals surface area contributed by atoms with E-state index in [2.05, 4.69) is 242 Å². The van der Waals surface area contributed by atoms with Gasteiger partial charge in [0.1, 0.15) is 0 Å². The van der Waals surface area contributed by atoms with Gasteiger partial charge in [0, 0.05) is 44.9 Å². The first-order chi connectivity index (χ1) is 32.5. The molecule has 314 valence electrons. The van der Waals surface area contributed by atoms with Crippen molar-refractivity contribution < 1.29 is 0 Å². The largest absolute Gasteiger partial charge is 0.310 e. The number of benzene rings is 9. The highest BCUT2D eigenvalue weighted by atomic mass is 15.1. The fourth-order valence-corrected chi connectivity index (χ4v) is 13.2. The van der Waals surface area contributed by atoms with Gasteiger partial charge in [-0.25, -0.2) is 0 Å². The summed E-state index contributed by atoms with van der Waals surface area (Å²) in [6.07, 6.45) is 7.36. The van der Waals surface area contributed by atoms with Crippen molar-refractivity contribution in [2.75, 3.05) is 4.90 Å². The molecular formula is C64H48N2. The van der Waals surface area contributed by atoms with Gasteiger partial charge in [-0.1, -0.05) is 172 Å². The molecule has 0 N–H and O–H groups in total. The van der Waals surface area contributed by atoms with Crippen molar-refractivity contribution in [3.8, 4) is 39.1 Å². The Kier molecular flexibility index (Phi) is 7.94. The molecule has 4 aliphatic carbocycles. The van der Waals surface area contributed by atoms with Crippen molar-refractivity contribution in [1.29, 1.82) is 0 Å². The van der Waals surface area contributed by atoms with Gasteiger partial charge in [0.25, 0.3) is 0 Å². The van der Waals surface area contributed by atoms with E-state index in [0.29, 0.717) is 11.8 Å². The lowest BCUT2D eigenvalue weighted by Gasteiger charge is -2.37. The minimum Gasteiger partial charge on any atom is -0.310 e. The number of hydrogen-bond donors (Lipinski definition) is 0. The van der Waals surface area contributed by atoms with Crippen LogP contribution in [0, 0.1) is 5.92 Å². The number of aromatic nitrogens is 1. The highest BCUT2D eigenvalue weighted by Gasteiger charge is 2.57. The summed E-state index contributed by atoms with van der Waals surface area (Å²) in [4.78, 5) is 2.46. The molecule has 0 radical (unpaired) electrons. The second kappa shape index (κ2) is 13.9. The normalized spacial score (nSPS) is 19.1. The summed E-state index contributed by atoms with van der Waals surface area (Å²) < 4.78 is 2.42. The summed E-state index contributed by atoms with van der Waals surface area (Å²) in [5.41, 5.74) is 23.2. The van der Waals surface area contributed by atoms with Crippen LogP contribution < -0.4 is 4.90 Å². The molecule has 1 spiro atoms. The Balaban J connectivity index is 0.920. The van der Waals surface area contributed by atoms with E-state index in [9.17, 15) is 0 Å². The molecule has 9 aromatic carbocycles. The van der Waals surface area contributed by atoms with Crippen LogP contribution in [0.1, 0.15) is 66.0 Å². The first-order valence-electron chi connectivity index (χ1n) is 23.7. The molecule has 1 heterocycles. The van der Waals surface area contributed by atoms with Gasteiger partial charge >= 0.3 is 0 Å². The molecule has 0 bridgehead atoms. The average Bonchev–Trinajstić information content (AvgIpc) is 4.04. The summed E-state index contributed by atoms with van der Waals surface area (Å²) >= 11 is 0. The zero-order chi connectivity index (χ0) is 43.7. The van der Waals surface area contributed by atoms with E-state index in [0.717, 1.165) is 29.2 Å². The molecule has 3 unspecified atom stereocenters. The Labute approximate surface area is 386 Å². The predicted octanol–water partition coefficient (Wildman–Crippen LogP) is 16.6. The van der Waals surface area contributed by atoms with Crippen LogP contribution in [0.3, 0.4) is 0 Å². The molecule has 1 aromatic heterocycles. The summed E-state index contributed by atoms with van der Waals surface area (Å²) in [7, 11) is 0. The number of para-hydroxylation sites is 2. The van der Waals surface area contributed by atoms with Gasteiger partial charge in [-0.3, -0.25) is 0 Å². The monoisotopic (exact) mass is 844 g/mol. The van der Waals surface area contributed by atoms with Crippen molar-refractivity contribution in [3.63, 3.8) is 0 Å². The van der Waals surface area contributed by atoms with Gasteiger partial charge in [0.2, 0.25) is 0 Å². The van der Waals surface area contributed by atoms with Crippen LogP contribution >= 0.6 is 0 Å². The van der Waals surface area contributed by atoms with E-state index in [-0.39, 0.29) is 10.8 Å². The van der Waals surface area contributed by atoms with Crippen LogP contribution in [0.25, 0.3) is 60.9 Å². The van der Waals surface area contributed by atoms with Crippen molar-refractivity contribution in [1.82, 2.24) is 4.57 Å². The maximum Gasteiger partial charge on any atom is 0.0561 e. The van der Waals surface area contributed by atoms with Gasteiger partial charge < -0.3 is 9.47 Å². The van der Waals surface area contributed by atoms with E-state index in [1.807, 2.05) is 0 Å². The molecule has 10 aromatic rings. The first kappa shape index (κ1) is 37.7. The zero-order valence-corrected chi connectivity index (χ0v) is 37.2. The quantitative estimate of drug-likeness (QED) is 0.157. The summed E-state index contributed by atoms with van der Waals surface area (Å²) in [6.45, 7) is 4.74. The van der Waals surface area contributed by atoms with Crippen molar-refractivity contribution >= 4 is 38.9 Å². The zero-order valence-electron chi connectivity index (χ0n) is 37.2. The van der Waals surface area contributed by atoms with Crippen LogP contribution in [0.5, 0.6) is 0 Å². The molecule has 2 heteroatoms. The molecular weight excluding hydrogens is 797 g/mol. The maximum atomic E-state index is 2.55. The molecule has 3 atom stereocenters. The molecule has 0 saturated carbocycles. The lowest BCUT2D eigenvalue weighted by atomic mass is 9.64.